The molecule has 2 heterocycles. The number of rotatable bonds is 7. The molecule has 0 fully saturated rings. The predicted molar refractivity (Wildman–Crippen MR) is 101 cm³/mol. The third-order valence-electron chi connectivity index (χ3n) is 4.23. The maximum atomic E-state index is 12.5. The van der Waals surface area contributed by atoms with E-state index in [1.807, 2.05) is 62.7 Å². The number of hydrogen-bond acceptors (Lipinski definition) is 6. The van der Waals surface area contributed by atoms with Crippen molar-refractivity contribution >= 4 is 17.5 Å². The molecule has 136 valence electrons. The first-order valence-corrected chi connectivity index (χ1v) is 9.34. The third-order valence-corrected chi connectivity index (χ3v) is 5.04. The van der Waals surface area contributed by atoms with Crippen LogP contribution in [0.4, 0.5) is 0 Å². The first kappa shape index (κ1) is 18.3. The number of ether oxygens (including phenoxy) is 1. The standard InChI is InChI=1S/C19H21N3O3S/c1-5-24-17-9-7-6-8-14(17)18-20-21-19(25-18)26-11-16(23)15-10-12(2)22(4)13(15)3/h6-10H,5,11H2,1-4H3. The van der Waals surface area contributed by atoms with Crippen molar-refractivity contribution in [3.8, 4) is 17.2 Å². The summed E-state index contributed by atoms with van der Waals surface area (Å²) < 4.78 is 13.3. The summed E-state index contributed by atoms with van der Waals surface area (Å²) in [7, 11) is 1.95. The van der Waals surface area contributed by atoms with E-state index in [-0.39, 0.29) is 11.5 Å². The third kappa shape index (κ3) is 3.67. The largest absolute Gasteiger partial charge is 0.493 e. The zero-order valence-electron chi connectivity index (χ0n) is 15.3. The molecular weight excluding hydrogens is 350 g/mol. The van der Waals surface area contributed by atoms with E-state index in [0.717, 1.165) is 22.5 Å². The quantitative estimate of drug-likeness (QED) is 0.461. The van der Waals surface area contributed by atoms with E-state index in [2.05, 4.69) is 10.2 Å². The lowest BCUT2D eigenvalue weighted by Crippen LogP contribution is -2.04. The summed E-state index contributed by atoms with van der Waals surface area (Å²) in [6.45, 7) is 6.40. The van der Waals surface area contributed by atoms with E-state index in [4.69, 9.17) is 9.15 Å². The molecule has 0 bridgehead atoms. The van der Waals surface area contributed by atoms with Gasteiger partial charge < -0.3 is 13.7 Å². The van der Waals surface area contributed by atoms with Gasteiger partial charge in [0.1, 0.15) is 5.75 Å². The zero-order valence-corrected chi connectivity index (χ0v) is 16.1. The monoisotopic (exact) mass is 371 g/mol. The van der Waals surface area contributed by atoms with Gasteiger partial charge in [0.05, 0.1) is 17.9 Å². The Morgan fingerprint density at radius 2 is 2.04 bits per heavy atom. The number of aryl methyl sites for hydroxylation is 1. The van der Waals surface area contributed by atoms with Crippen molar-refractivity contribution in [2.24, 2.45) is 7.05 Å². The number of nitrogens with zero attached hydrogens (tertiary/aromatic N) is 3. The highest BCUT2D eigenvalue weighted by atomic mass is 32.2. The van der Waals surface area contributed by atoms with Gasteiger partial charge in [-0.3, -0.25) is 4.79 Å². The van der Waals surface area contributed by atoms with Gasteiger partial charge in [0.15, 0.2) is 5.78 Å². The number of ketones is 1. The fraction of sp³-hybridized carbons (Fsp3) is 0.316. The van der Waals surface area contributed by atoms with E-state index >= 15 is 0 Å². The Morgan fingerprint density at radius 1 is 1.27 bits per heavy atom. The molecule has 0 radical (unpaired) electrons. The number of para-hydroxylation sites is 1. The van der Waals surface area contributed by atoms with Crippen LogP contribution >= 0.6 is 11.8 Å². The van der Waals surface area contributed by atoms with Gasteiger partial charge in [-0.05, 0) is 39.0 Å². The lowest BCUT2D eigenvalue weighted by molar-refractivity contribution is 0.102. The molecule has 3 rings (SSSR count). The number of Topliss-reactive ketones (excluding diaryl/α,β-unsaturated/α-hetero) is 1. The second kappa shape index (κ2) is 7.78. The van der Waals surface area contributed by atoms with Crippen molar-refractivity contribution < 1.29 is 13.9 Å². The molecule has 0 atom stereocenters. The topological polar surface area (TPSA) is 70.2 Å². The van der Waals surface area contributed by atoms with Gasteiger partial charge in [-0.2, -0.15) is 0 Å². The van der Waals surface area contributed by atoms with Crippen LogP contribution in [0.25, 0.3) is 11.5 Å². The van der Waals surface area contributed by atoms with Gasteiger partial charge in [0.25, 0.3) is 11.1 Å². The van der Waals surface area contributed by atoms with E-state index in [1.54, 1.807) is 0 Å². The fourth-order valence-electron chi connectivity index (χ4n) is 2.64. The Morgan fingerprint density at radius 3 is 2.73 bits per heavy atom. The van der Waals surface area contributed by atoms with E-state index in [1.165, 1.54) is 11.8 Å². The molecule has 3 aromatic rings. The van der Waals surface area contributed by atoms with Crippen molar-refractivity contribution in [1.82, 2.24) is 14.8 Å². The smallest absolute Gasteiger partial charge is 0.277 e. The minimum Gasteiger partial charge on any atom is -0.493 e. The number of thioether (sulfide) groups is 1. The van der Waals surface area contributed by atoms with Crippen LogP contribution < -0.4 is 4.74 Å². The number of hydrogen-bond donors (Lipinski definition) is 0. The van der Waals surface area contributed by atoms with Gasteiger partial charge in [-0.15, -0.1) is 10.2 Å². The van der Waals surface area contributed by atoms with Crippen molar-refractivity contribution in [3.05, 3.63) is 47.3 Å². The average molecular weight is 371 g/mol. The normalized spacial score (nSPS) is 10.9. The van der Waals surface area contributed by atoms with E-state index in [0.29, 0.717) is 23.5 Å². The van der Waals surface area contributed by atoms with Gasteiger partial charge in [0.2, 0.25) is 0 Å². The number of carbonyl (C=O) groups excluding carboxylic acids is 1. The molecule has 0 aliphatic heterocycles. The fourth-order valence-corrected chi connectivity index (χ4v) is 3.29. The second-order valence-electron chi connectivity index (χ2n) is 5.86. The molecule has 0 amide bonds. The van der Waals surface area contributed by atoms with Gasteiger partial charge in [0, 0.05) is 24.0 Å². The number of benzene rings is 1. The summed E-state index contributed by atoms with van der Waals surface area (Å²) in [5.74, 6) is 1.38. The molecule has 2 aromatic heterocycles. The molecule has 0 N–H and O–H groups in total. The van der Waals surface area contributed by atoms with E-state index < -0.39 is 0 Å². The average Bonchev–Trinajstić information content (AvgIpc) is 3.21. The van der Waals surface area contributed by atoms with Crippen molar-refractivity contribution in [3.63, 3.8) is 0 Å². The van der Waals surface area contributed by atoms with Crippen molar-refractivity contribution in [2.45, 2.75) is 26.0 Å². The van der Waals surface area contributed by atoms with Crippen LogP contribution in [-0.4, -0.2) is 32.9 Å². The minimum atomic E-state index is 0.0469. The highest BCUT2D eigenvalue weighted by Gasteiger charge is 2.17. The molecule has 0 saturated carbocycles. The summed E-state index contributed by atoms with van der Waals surface area (Å²) >= 11 is 1.24. The van der Waals surface area contributed by atoms with Crippen LogP contribution in [0.15, 0.2) is 40.0 Å². The summed E-state index contributed by atoms with van der Waals surface area (Å²) in [6.07, 6.45) is 0. The highest BCUT2D eigenvalue weighted by molar-refractivity contribution is 7.99. The highest BCUT2D eigenvalue weighted by Crippen LogP contribution is 2.31. The Labute approximate surface area is 156 Å². The Hall–Kier alpha value is -2.54. The summed E-state index contributed by atoms with van der Waals surface area (Å²) in [4.78, 5) is 12.5. The Kier molecular flexibility index (Phi) is 5.46. The molecule has 0 unspecified atom stereocenters. The molecule has 0 aliphatic rings. The van der Waals surface area contributed by atoms with Crippen LogP contribution in [0.5, 0.6) is 5.75 Å². The number of aromatic nitrogens is 3. The van der Waals surface area contributed by atoms with Gasteiger partial charge in [-0.1, -0.05) is 23.9 Å². The van der Waals surface area contributed by atoms with Crippen LogP contribution in [0.2, 0.25) is 0 Å². The zero-order chi connectivity index (χ0) is 18.7. The molecule has 0 spiro atoms. The van der Waals surface area contributed by atoms with Crippen molar-refractivity contribution in [2.75, 3.05) is 12.4 Å². The summed E-state index contributed by atoms with van der Waals surface area (Å²) in [6, 6.07) is 9.42. The first-order chi connectivity index (χ1) is 12.5. The number of carbonyl (C=O) groups is 1. The predicted octanol–water partition coefficient (Wildman–Crippen LogP) is 4.07. The molecule has 1 aromatic carbocycles. The second-order valence-corrected chi connectivity index (χ2v) is 6.78. The molecule has 7 heteroatoms. The van der Waals surface area contributed by atoms with Crippen LogP contribution in [0.3, 0.4) is 0 Å². The SMILES string of the molecule is CCOc1ccccc1-c1nnc(SCC(=O)c2cc(C)n(C)c2C)o1. The van der Waals surface area contributed by atoms with Crippen LogP contribution in [0.1, 0.15) is 28.7 Å². The maximum absolute atomic E-state index is 12.5. The molecular formula is C19H21N3O3S. The summed E-state index contributed by atoms with van der Waals surface area (Å²) in [5.41, 5.74) is 3.50. The lowest BCUT2D eigenvalue weighted by Gasteiger charge is -2.06. The maximum Gasteiger partial charge on any atom is 0.277 e. The Balaban J connectivity index is 1.71. The van der Waals surface area contributed by atoms with Gasteiger partial charge in [-0.25, -0.2) is 0 Å². The van der Waals surface area contributed by atoms with Crippen molar-refractivity contribution in [1.29, 1.82) is 0 Å². The molecule has 26 heavy (non-hydrogen) atoms. The van der Waals surface area contributed by atoms with Crippen LogP contribution in [0, 0.1) is 13.8 Å². The Bertz CT molecular complexity index is 930. The molecule has 6 nitrogen and oxygen atoms in total. The molecule has 0 aliphatic carbocycles. The minimum absolute atomic E-state index is 0.0469. The lowest BCUT2D eigenvalue weighted by atomic mass is 10.2. The van der Waals surface area contributed by atoms with E-state index in [9.17, 15) is 4.79 Å². The molecule has 0 saturated heterocycles. The van der Waals surface area contributed by atoms with Gasteiger partial charge >= 0.3 is 0 Å². The van der Waals surface area contributed by atoms with Crippen LogP contribution in [-0.2, 0) is 7.05 Å². The summed E-state index contributed by atoms with van der Waals surface area (Å²) in [5, 5.41) is 8.49. The first-order valence-electron chi connectivity index (χ1n) is 8.35.